The van der Waals surface area contributed by atoms with E-state index in [1.807, 2.05) is 18.2 Å². The zero-order chi connectivity index (χ0) is 14.9. The molecule has 1 N–H and O–H groups in total. The van der Waals surface area contributed by atoms with Crippen molar-refractivity contribution in [3.63, 3.8) is 0 Å². The van der Waals surface area contributed by atoms with Crippen molar-refractivity contribution in [2.24, 2.45) is 0 Å². The van der Waals surface area contributed by atoms with E-state index >= 15 is 0 Å². The second-order valence-electron chi connectivity index (χ2n) is 4.80. The van der Waals surface area contributed by atoms with Crippen LogP contribution in [-0.2, 0) is 17.9 Å². The number of halogens is 2. The van der Waals surface area contributed by atoms with Gasteiger partial charge >= 0.3 is 0 Å². The first-order chi connectivity index (χ1) is 10.3. The summed E-state index contributed by atoms with van der Waals surface area (Å²) in [5.74, 6) is -0.289. The molecule has 21 heavy (non-hydrogen) atoms. The van der Waals surface area contributed by atoms with Crippen LogP contribution in [0.1, 0.15) is 17.5 Å². The molecule has 0 atom stereocenters. The van der Waals surface area contributed by atoms with Crippen molar-refractivity contribution in [1.82, 2.24) is 5.32 Å². The monoisotopic (exact) mass is 307 g/mol. The van der Waals surface area contributed by atoms with Gasteiger partial charge in [0.2, 0.25) is 0 Å². The fourth-order valence-electron chi connectivity index (χ4n) is 1.96. The number of hydrogen-bond donors (Lipinski definition) is 1. The molecule has 0 amide bonds. The Labute approximate surface area is 129 Å². The standard InChI is InChI=1S/C17H19ClFNO/c18-17-8-7-16(19)11-15(17)13-21-10-4-9-20-12-14-5-2-1-3-6-14/h1-3,5-8,11,20H,4,9-10,12-13H2. The van der Waals surface area contributed by atoms with E-state index in [2.05, 4.69) is 17.4 Å². The van der Waals surface area contributed by atoms with Crippen LogP contribution in [0.3, 0.4) is 0 Å². The highest BCUT2D eigenvalue weighted by Gasteiger charge is 2.02. The summed E-state index contributed by atoms with van der Waals surface area (Å²) in [5, 5.41) is 3.90. The highest BCUT2D eigenvalue weighted by Crippen LogP contribution is 2.17. The molecule has 0 fully saturated rings. The number of benzene rings is 2. The predicted molar refractivity (Wildman–Crippen MR) is 83.8 cm³/mol. The molecule has 0 aliphatic heterocycles. The van der Waals surface area contributed by atoms with Crippen molar-refractivity contribution in [2.75, 3.05) is 13.2 Å². The van der Waals surface area contributed by atoms with Gasteiger partial charge < -0.3 is 10.1 Å². The summed E-state index contributed by atoms with van der Waals surface area (Å²) < 4.78 is 18.6. The Morgan fingerprint density at radius 2 is 1.90 bits per heavy atom. The van der Waals surface area contributed by atoms with Crippen LogP contribution in [0.15, 0.2) is 48.5 Å². The quantitative estimate of drug-likeness (QED) is 0.739. The van der Waals surface area contributed by atoms with E-state index in [-0.39, 0.29) is 5.82 Å². The lowest BCUT2D eigenvalue weighted by atomic mass is 10.2. The molecular weight excluding hydrogens is 289 g/mol. The van der Waals surface area contributed by atoms with Crippen molar-refractivity contribution in [3.8, 4) is 0 Å². The Bertz CT molecular complexity index is 548. The van der Waals surface area contributed by atoms with Crippen molar-refractivity contribution in [3.05, 3.63) is 70.5 Å². The Balaban J connectivity index is 1.57. The van der Waals surface area contributed by atoms with Crippen LogP contribution >= 0.6 is 11.6 Å². The van der Waals surface area contributed by atoms with E-state index in [1.165, 1.54) is 17.7 Å². The molecule has 0 radical (unpaired) electrons. The van der Waals surface area contributed by atoms with Gasteiger partial charge in [-0.15, -0.1) is 0 Å². The first-order valence-electron chi connectivity index (χ1n) is 7.02. The normalized spacial score (nSPS) is 10.8. The second kappa shape index (κ2) is 8.78. The molecule has 0 aliphatic rings. The molecule has 0 saturated carbocycles. The molecule has 0 bridgehead atoms. The molecule has 0 unspecified atom stereocenters. The number of ether oxygens (including phenoxy) is 1. The summed E-state index contributed by atoms with van der Waals surface area (Å²) in [6.45, 7) is 2.70. The molecule has 0 spiro atoms. The van der Waals surface area contributed by atoms with Crippen LogP contribution in [0.2, 0.25) is 5.02 Å². The average molecular weight is 308 g/mol. The van der Waals surface area contributed by atoms with Crippen LogP contribution in [-0.4, -0.2) is 13.2 Å². The van der Waals surface area contributed by atoms with Gasteiger partial charge in [-0.2, -0.15) is 0 Å². The van der Waals surface area contributed by atoms with Gasteiger partial charge in [-0.25, -0.2) is 4.39 Å². The summed E-state index contributed by atoms with van der Waals surface area (Å²) in [4.78, 5) is 0. The van der Waals surface area contributed by atoms with E-state index in [0.717, 1.165) is 19.5 Å². The van der Waals surface area contributed by atoms with E-state index in [9.17, 15) is 4.39 Å². The van der Waals surface area contributed by atoms with Crippen molar-refractivity contribution in [1.29, 1.82) is 0 Å². The maximum atomic E-state index is 13.1. The van der Waals surface area contributed by atoms with Crippen LogP contribution < -0.4 is 5.32 Å². The topological polar surface area (TPSA) is 21.3 Å². The third-order valence-electron chi connectivity index (χ3n) is 3.08. The molecule has 4 heteroatoms. The second-order valence-corrected chi connectivity index (χ2v) is 5.21. The van der Waals surface area contributed by atoms with Crippen molar-refractivity contribution < 1.29 is 9.13 Å². The minimum absolute atomic E-state index is 0.289. The summed E-state index contributed by atoms with van der Waals surface area (Å²) in [5.41, 5.74) is 1.96. The SMILES string of the molecule is Fc1ccc(Cl)c(COCCCNCc2ccccc2)c1. The van der Waals surface area contributed by atoms with Gasteiger partial charge in [-0.1, -0.05) is 41.9 Å². The number of nitrogens with one attached hydrogen (secondary N) is 1. The average Bonchev–Trinajstić information content (AvgIpc) is 2.50. The molecule has 2 nitrogen and oxygen atoms in total. The van der Waals surface area contributed by atoms with Crippen LogP contribution in [0.25, 0.3) is 0 Å². The van der Waals surface area contributed by atoms with Gasteiger partial charge in [0.25, 0.3) is 0 Å². The summed E-state index contributed by atoms with van der Waals surface area (Å²) in [6.07, 6.45) is 0.903. The van der Waals surface area contributed by atoms with E-state index in [1.54, 1.807) is 6.07 Å². The van der Waals surface area contributed by atoms with Crippen LogP contribution in [0.4, 0.5) is 4.39 Å². The van der Waals surface area contributed by atoms with Gasteiger partial charge in [0.1, 0.15) is 5.82 Å². The molecule has 112 valence electrons. The summed E-state index contributed by atoms with van der Waals surface area (Å²) in [6, 6.07) is 14.6. The lowest BCUT2D eigenvalue weighted by Crippen LogP contribution is -2.16. The third-order valence-corrected chi connectivity index (χ3v) is 3.45. The smallest absolute Gasteiger partial charge is 0.123 e. The highest BCUT2D eigenvalue weighted by molar-refractivity contribution is 6.31. The molecule has 2 aromatic carbocycles. The molecule has 2 rings (SSSR count). The van der Waals surface area contributed by atoms with Gasteiger partial charge in [0.15, 0.2) is 0 Å². The van der Waals surface area contributed by atoms with Gasteiger partial charge in [-0.05, 0) is 42.3 Å². The Morgan fingerprint density at radius 1 is 1.10 bits per heavy atom. The maximum absolute atomic E-state index is 13.1. The zero-order valence-electron chi connectivity index (χ0n) is 11.8. The highest BCUT2D eigenvalue weighted by atomic mass is 35.5. The minimum Gasteiger partial charge on any atom is -0.377 e. The zero-order valence-corrected chi connectivity index (χ0v) is 12.6. The third kappa shape index (κ3) is 5.84. The molecule has 2 aromatic rings. The fraction of sp³-hybridized carbons (Fsp3) is 0.294. The van der Waals surface area contributed by atoms with Crippen LogP contribution in [0, 0.1) is 5.82 Å². The lowest BCUT2D eigenvalue weighted by molar-refractivity contribution is 0.118. The van der Waals surface area contributed by atoms with Crippen molar-refractivity contribution in [2.45, 2.75) is 19.6 Å². The fourth-order valence-corrected chi connectivity index (χ4v) is 2.14. The Hall–Kier alpha value is -1.42. The van der Waals surface area contributed by atoms with Gasteiger partial charge in [0, 0.05) is 18.2 Å². The van der Waals surface area contributed by atoms with E-state index in [0.29, 0.717) is 23.8 Å². The molecule has 0 saturated heterocycles. The summed E-state index contributed by atoms with van der Waals surface area (Å²) in [7, 11) is 0. The molecular formula is C17H19ClFNO. The molecule has 0 heterocycles. The van der Waals surface area contributed by atoms with Gasteiger partial charge in [0.05, 0.1) is 6.61 Å². The predicted octanol–water partition coefficient (Wildman–Crippen LogP) is 4.18. The largest absolute Gasteiger partial charge is 0.377 e. The Morgan fingerprint density at radius 3 is 2.71 bits per heavy atom. The van der Waals surface area contributed by atoms with E-state index < -0.39 is 0 Å². The minimum atomic E-state index is -0.289. The van der Waals surface area contributed by atoms with Crippen molar-refractivity contribution >= 4 is 11.6 Å². The van der Waals surface area contributed by atoms with Crippen LogP contribution in [0.5, 0.6) is 0 Å². The maximum Gasteiger partial charge on any atom is 0.123 e. The van der Waals surface area contributed by atoms with E-state index in [4.69, 9.17) is 16.3 Å². The lowest BCUT2D eigenvalue weighted by Gasteiger charge is -2.07. The Kier molecular flexibility index (Phi) is 6.67. The number of rotatable bonds is 8. The first kappa shape index (κ1) is 16.0. The first-order valence-corrected chi connectivity index (χ1v) is 7.40. The van der Waals surface area contributed by atoms with Gasteiger partial charge in [-0.3, -0.25) is 0 Å². The number of hydrogen-bond acceptors (Lipinski definition) is 2. The molecule has 0 aromatic heterocycles. The summed E-state index contributed by atoms with van der Waals surface area (Å²) >= 11 is 5.97. The molecule has 0 aliphatic carbocycles.